The molecule has 1 N–H and O–H groups in total. The Hall–Kier alpha value is -0.730. The van der Waals surface area contributed by atoms with E-state index in [1.807, 2.05) is 18.2 Å². The number of aromatic nitrogens is 2. The summed E-state index contributed by atoms with van der Waals surface area (Å²) in [5, 5.41) is 3.23. The predicted molar refractivity (Wildman–Crippen MR) is 87.3 cm³/mol. The van der Waals surface area contributed by atoms with Crippen LogP contribution in [-0.4, -0.2) is 16.3 Å². The van der Waals surface area contributed by atoms with E-state index in [-0.39, 0.29) is 10.7 Å². The van der Waals surface area contributed by atoms with Crippen LogP contribution in [0.5, 0.6) is 0 Å². The van der Waals surface area contributed by atoms with Gasteiger partial charge in [0.2, 0.25) is 0 Å². The molecule has 0 bridgehead atoms. The summed E-state index contributed by atoms with van der Waals surface area (Å²) in [4.78, 5) is 19.2. The molecule has 1 aromatic heterocycles. The number of halogens is 3. The number of nitrogens with zero attached hydrogens (tertiary/aromatic N) is 2. The SMILES string of the molecule is Cc1nc(Cl)c(C=O)c(Nc2ccc(I)cc2Br)n1. The lowest BCUT2D eigenvalue weighted by Gasteiger charge is -2.11. The van der Waals surface area contributed by atoms with Crippen molar-refractivity contribution in [1.29, 1.82) is 0 Å². The van der Waals surface area contributed by atoms with Crippen molar-refractivity contribution in [3.05, 3.63) is 42.8 Å². The molecule has 0 aliphatic carbocycles. The number of carbonyl (C=O) groups is 1. The summed E-state index contributed by atoms with van der Waals surface area (Å²) in [6.45, 7) is 1.72. The lowest BCUT2D eigenvalue weighted by Crippen LogP contribution is -2.03. The molecule has 0 aliphatic heterocycles. The summed E-state index contributed by atoms with van der Waals surface area (Å²) in [6, 6.07) is 5.80. The van der Waals surface area contributed by atoms with E-state index < -0.39 is 0 Å². The smallest absolute Gasteiger partial charge is 0.156 e. The van der Waals surface area contributed by atoms with E-state index in [9.17, 15) is 4.79 Å². The first-order valence-corrected chi connectivity index (χ1v) is 7.47. The van der Waals surface area contributed by atoms with Crippen LogP contribution in [0.1, 0.15) is 16.2 Å². The molecule has 0 amide bonds. The molecule has 2 aromatic rings. The molecule has 4 nitrogen and oxygen atoms in total. The lowest BCUT2D eigenvalue weighted by atomic mass is 10.3. The van der Waals surface area contributed by atoms with E-state index in [4.69, 9.17) is 11.6 Å². The van der Waals surface area contributed by atoms with Crippen LogP contribution >= 0.6 is 50.1 Å². The summed E-state index contributed by atoms with van der Waals surface area (Å²) in [6.07, 6.45) is 0.644. The number of aryl methyl sites for hydroxylation is 1. The number of hydrogen-bond acceptors (Lipinski definition) is 4. The van der Waals surface area contributed by atoms with Crippen molar-refractivity contribution in [2.45, 2.75) is 6.92 Å². The molecule has 0 saturated carbocycles. The fourth-order valence-corrected chi connectivity index (χ4v) is 3.12. The number of hydrogen-bond donors (Lipinski definition) is 1. The molecule has 7 heteroatoms. The van der Waals surface area contributed by atoms with Crippen LogP contribution in [0.2, 0.25) is 5.15 Å². The van der Waals surface area contributed by atoms with Gasteiger partial charge >= 0.3 is 0 Å². The summed E-state index contributed by atoms with van der Waals surface area (Å²) in [5.74, 6) is 0.897. The van der Waals surface area contributed by atoms with Crippen molar-refractivity contribution in [1.82, 2.24) is 9.97 Å². The molecule has 0 saturated heterocycles. The highest BCUT2D eigenvalue weighted by Crippen LogP contribution is 2.29. The fraction of sp³-hybridized carbons (Fsp3) is 0.0833. The van der Waals surface area contributed by atoms with Crippen LogP contribution in [0.25, 0.3) is 0 Å². The fourth-order valence-electron chi connectivity index (χ4n) is 1.47. The van der Waals surface area contributed by atoms with Gasteiger partial charge in [-0.15, -0.1) is 0 Å². The zero-order chi connectivity index (χ0) is 14.0. The second kappa shape index (κ2) is 6.15. The van der Waals surface area contributed by atoms with Gasteiger partial charge < -0.3 is 5.32 Å². The van der Waals surface area contributed by atoms with Gasteiger partial charge in [-0.3, -0.25) is 4.79 Å². The van der Waals surface area contributed by atoms with E-state index in [1.165, 1.54) is 0 Å². The molecule has 0 unspecified atom stereocenters. The molecule has 19 heavy (non-hydrogen) atoms. The van der Waals surface area contributed by atoms with E-state index in [0.717, 1.165) is 13.7 Å². The van der Waals surface area contributed by atoms with Crippen molar-refractivity contribution in [3.63, 3.8) is 0 Å². The first-order chi connectivity index (χ1) is 9.01. The van der Waals surface area contributed by atoms with Crippen LogP contribution in [0.3, 0.4) is 0 Å². The van der Waals surface area contributed by atoms with Gasteiger partial charge in [0, 0.05) is 8.04 Å². The van der Waals surface area contributed by atoms with Crippen LogP contribution < -0.4 is 5.32 Å². The van der Waals surface area contributed by atoms with Crippen LogP contribution in [0, 0.1) is 10.5 Å². The molecule has 2 rings (SSSR count). The normalized spacial score (nSPS) is 10.3. The van der Waals surface area contributed by atoms with Gasteiger partial charge in [0.25, 0.3) is 0 Å². The second-order valence-corrected chi connectivity index (χ2v) is 6.15. The van der Waals surface area contributed by atoms with Crippen molar-refractivity contribution in [2.24, 2.45) is 0 Å². The second-order valence-electron chi connectivity index (χ2n) is 3.69. The first-order valence-electron chi connectivity index (χ1n) is 5.22. The Morgan fingerprint density at radius 3 is 2.79 bits per heavy atom. The van der Waals surface area contributed by atoms with Crippen molar-refractivity contribution < 1.29 is 4.79 Å². The third-order valence-corrected chi connectivity index (χ3v) is 3.93. The average molecular weight is 452 g/mol. The minimum absolute atomic E-state index is 0.145. The monoisotopic (exact) mass is 451 g/mol. The summed E-state index contributed by atoms with van der Waals surface area (Å²) in [5.41, 5.74) is 1.05. The van der Waals surface area contributed by atoms with Crippen molar-refractivity contribution in [2.75, 3.05) is 5.32 Å². The van der Waals surface area contributed by atoms with Gasteiger partial charge in [-0.25, -0.2) is 9.97 Å². The summed E-state index contributed by atoms with van der Waals surface area (Å²) >= 11 is 11.6. The third-order valence-electron chi connectivity index (χ3n) is 2.31. The quantitative estimate of drug-likeness (QED) is 0.427. The van der Waals surface area contributed by atoms with E-state index in [2.05, 4.69) is 53.8 Å². The Kier molecular flexibility index (Phi) is 4.75. The van der Waals surface area contributed by atoms with Gasteiger partial charge in [-0.05, 0) is 63.6 Å². The Bertz CT molecular complexity index is 651. The Labute approximate surface area is 137 Å². The largest absolute Gasteiger partial charge is 0.339 e. The predicted octanol–water partition coefficient (Wildman–Crippen LogP) is 4.36. The molecule has 1 heterocycles. The molecule has 0 spiro atoms. The molecule has 0 radical (unpaired) electrons. The molecule has 98 valence electrons. The van der Waals surface area contributed by atoms with Crippen molar-refractivity contribution in [3.8, 4) is 0 Å². The van der Waals surface area contributed by atoms with E-state index in [1.54, 1.807) is 6.92 Å². The minimum atomic E-state index is 0.145. The molecule has 0 aliphatic rings. The summed E-state index contributed by atoms with van der Waals surface area (Å²) < 4.78 is 1.98. The number of carbonyl (C=O) groups excluding carboxylic acids is 1. The number of nitrogens with one attached hydrogen (secondary N) is 1. The highest BCUT2D eigenvalue weighted by Gasteiger charge is 2.12. The van der Waals surface area contributed by atoms with Crippen LogP contribution in [-0.2, 0) is 0 Å². The van der Waals surface area contributed by atoms with E-state index in [0.29, 0.717) is 17.9 Å². The highest BCUT2D eigenvalue weighted by molar-refractivity contribution is 14.1. The van der Waals surface area contributed by atoms with Crippen LogP contribution in [0.4, 0.5) is 11.5 Å². The maximum atomic E-state index is 11.1. The Morgan fingerprint density at radius 1 is 1.42 bits per heavy atom. The third kappa shape index (κ3) is 3.43. The average Bonchev–Trinajstić information content (AvgIpc) is 2.32. The van der Waals surface area contributed by atoms with Gasteiger partial charge in [0.1, 0.15) is 16.8 Å². The topological polar surface area (TPSA) is 54.9 Å². The van der Waals surface area contributed by atoms with Crippen LogP contribution in [0.15, 0.2) is 22.7 Å². The molecule has 0 fully saturated rings. The zero-order valence-corrected chi connectivity index (χ0v) is 14.2. The lowest BCUT2D eigenvalue weighted by molar-refractivity contribution is 0.112. The molecule has 0 atom stereocenters. The number of benzene rings is 1. The first kappa shape index (κ1) is 14.7. The minimum Gasteiger partial charge on any atom is -0.339 e. The zero-order valence-electron chi connectivity index (χ0n) is 9.75. The van der Waals surface area contributed by atoms with Gasteiger partial charge in [0.05, 0.1) is 11.3 Å². The van der Waals surface area contributed by atoms with Gasteiger partial charge in [-0.2, -0.15) is 0 Å². The number of rotatable bonds is 3. The van der Waals surface area contributed by atoms with Crippen molar-refractivity contribution >= 4 is 67.9 Å². The van der Waals surface area contributed by atoms with E-state index >= 15 is 0 Å². The van der Waals surface area contributed by atoms with Gasteiger partial charge in [-0.1, -0.05) is 11.6 Å². The maximum Gasteiger partial charge on any atom is 0.156 e. The Balaban J connectivity index is 2.45. The molecular formula is C12H8BrClIN3O. The number of aldehydes is 1. The molecule has 1 aromatic carbocycles. The maximum absolute atomic E-state index is 11.1. The Morgan fingerprint density at radius 2 is 2.16 bits per heavy atom. The number of anilines is 2. The standard InChI is InChI=1S/C12H8BrClIN3O/c1-6-16-11(14)8(5-19)12(17-6)18-10-3-2-7(15)4-9(10)13/h2-5H,1H3,(H,16,17,18). The molecular weight excluding hydrogens is 444 g/mol. The van der Waals surface area contributed by atoms with Gasteiger partial charge in [0.15, 0.2) is 6.29 Å². The summed E-state index contributed by atoms with van der Waals surface area (Å²) in [7, 11) is 0. The highest BCUT2D eigenvalue weighted by atomic mass is 127.